The topological polar surface area (TPSA) is 81.5 Å². The van der Waals surface area contributed by atoms with Crippen molar-refractivity contribution in [3.05, 3.63) is 28.3 Å². The SMILES string of the molecule is CCCC(C)C(=O)Nc1cc([N+](=O)[O-])ccc1OC. The summed E-state index contributed by atoms with van der Waals surface area (Å²) in [5.41, 5.74) is 0.240. The number of hydrogen-bond acceptors (Lipinski definition) is 4. The minimum atomic E-state index is -0.509. The lowest BCUT2D eigenvalue weighted by molar-refractivity contribution is -0.384. The summed E-state index contributed by atoms with van der Waals surface area (Å²) >= 11 is 0. The van der Waals surface area contributed by atoms with E-state index in [1.165, 1.54) is 25.3 Å². The van der Waals surface area contributed by atoms with Crippen molar-refractivity contribution in [2.24, 2.45) is 5.92 Å². The van der Waals surface area contributed by atoms with Crippen LogP contribution in [0.5, 0.6) is 5.75 Å². The summed E-state index contributed by atoms with van der Waals surface area (Å²) in [5, 5.41) is 13.4. The second-order valence-electron chi connectivity index (χ2n) is 4.32. The fourth-order valence-corrected chi connectivity index (χ4v) is 1.73. The van der Waals surface area contributed by atoms with Gasteiger partial charge in [0.2, 0.25) is 5.91 Å². The number of nitro groups is 1. The van der Waals surface area contributed by atoms with Gasteiger partial charge in [-0.05, 0) is 12.5 Å². The maximum Gasteiger partial charge on any atom is 0.271 e. The molecular formula is C13H18N2O4. The summed E-state index contributed by atoms with van der Waals surface area (Å²) in [4.78, 5) is 22.1. The van der Waals surface area contributed by atoms with E-state index in [9.17, 15) is 14.9 Å². The number of carbonyl (C=O) groups excluding carboxylic acids is 1. The van der Waals surface area contributed by atoms with E-state index < -0.39 is 4.92 Å². The Labute approximate surface area is 111 Å². The quantitative estimate of drug-likeness (QED) is 0.634. The van der Waals surface area contributed by atoms with Gasteiger partial charge in [-0.2, -0.15) is 0 Å². The molecule has 6 nitrogen and oxygen atoms in total. The smallest absolute Gasteiger partial charge is 0.271 e. The van der Waals surface area contributed by atoms with E-state index in [0.717, 1.165) is 12.8 Å². The zero-order valence-corrected chi connectivity index (χ0v) is 11.3. The number of methoxy groups -OCH3 is 1. The highest BCUT2D eigenvalue weighted by Crippen LogP contribution is 2.29. The van der Waals surface area contributed by atoms with E-state index in [4.69, 9.17) is 4.74 Å². The Morgan fingerprint density at radius 1 is 1.53 bits per heavy atom. The Balaban J connectivity index is 2.94. The molecule has 1 aromatic carbocycles. The monoisotopic (exact) mass is 266 g/mol. The van der Waals surface area contributed by atoms with Crippen LogP contribution in [0.15, 0.2) is 18.2 Å². The van der Waals surface area contributed by atoms with Crippen LogP contribution >= 0.6 is 0 Å². The number of amides is 1. The van der Waals surface area contributed by atoms with Gasteiger partial charge in [-0.25, -0.2) is 0 Å². The van der Waals surface area contributed by atoms with Gasteiger partial charge in [0, 0.05) is 18.1 Å². The Bertz CT molecular complexity index is 474. The Hall–Kier alpha value is -2.11. The summed E-state index contributed by atoms with van der Waals surface area (Å²) < 4.78 is 5.08. The third-order valence-corrected chi connectivity index (χ3v) is 2.82. The van der Waals surface area contributed by atoms with E-state index >= 15 is 0 Å². The van der Waals surface area contributed by atoms with Crippen LogP contribution in [0.2, 0.25) is 0 Å². The summed E-state index contributed by atoms with van der Waals surface area (Å²) in [6, 6.07) is 4.11. The number of carbonyl (C=O) groups is 1. The van der Waals surface area contributed by atoms with Crippen molar-refractivity contribution < 1.29 is 14.5 Å². The highest BCUT2D eigenvalue weighted by atomic mass is 16.6. The highest BCUT2D eigenvalue weighted by molar-refractivity contribution is 5.94. The van der Waals surface area contributed by atoms with E-state index in [1.54, 1.807) is 0 Å². The van der Waals surface area contributed by atoms with Crippen molar-refractivity contribution in [2.75, 3.05) is 12.4 Å². The molecule has 6 heteroatoms. The molecule has 0 aliphatic rings. The molecule has 1 amide bonds. The first-order chi connectivity index (χ1) is 8.99. The van der Waals surface area contributed by atoms with E-state index in [0.29, 0.717) is 11.4 Å². The molecule has 0 fully saturated rings. The summed E-state index contributed by atoms with van der Waals surface area (Å²) in [6.45, 7) is 3.82. The zero-order valence-electron chi connectivity index (χ0n) is 11.3. The largest absolute Gasteiger partial charge is 0.495 e. The number of non-ortho nitro benzene ring substituents is 1. The maximum absolute atomic E-state index is 11.9. The van der Waals surface area contributed by atoms with Gasteiger partial charge >= 0.3 is 0 Å². The minimum Gasteiger partial charge on any atom is -0.495 e. The summed E-state index contributed by atoms with van der Waals surface area (Å²) in [6.07, 6.45) is 1.67. The third-order valence-electron chi connectivity index (χ3n) is 2.82. The van der Waals surface area contributed by atoms with Crippen molar-refractivity contribution in [1.82, 2.24) is 0 Å². The summed E-state index contributed by atoms with van der Waals surface area (Å²) in [7, 11) is 1.45. The number of benzene rings is 1. The van der Waals surface area contributed by atoms with Crippen LogP contribution < -0.4 is 10.1 Å². The first-order valence-corrected chi connectivity index (χ1v) is 6.12. The van der Waals surface area contributed by atoms with Crippen molar-refractivity contribution in [2.45, 2.75) is 26.7 Å². The molecule has 19 heavy (non-hydrogen) atoms. The average molecular weight is 266 g/mol. The van der Waals surface area contributed by atoms with Gasteiger partial charge in [0.1, 0.15) is 5.75 Å². The molecule has 0 aliphatic heterocycles. The van der Waals surface area contributed by atoms with Gasteiger partial charge in [-0.3, -0.25) is 14.9 Å². The van der Waals surface area contributed by atoms with Gasteiger partial charge in [0.05, 0.1) is 17.7 Å². The van der Waals surface area contributed by atoms with Crippen LogP contribution in [0, 0.1) is 16.0 Å². The van der Waals surface area contributed by atoms with E-state index in [1.807, 2.05) is 13.8 Å². The van der Waals surface area contributed by atoms with Crippen LogP contribution in [0.1, 0.15) is 26.7 Å². The molecule has 0 radical (unpaired) electrons. The average Bonchev–Trinajstić information content (AvgIpc) is 2.38. The minimum absolute atomic E-state index is 0.0840. The van der Waals surface area contributed by atoms with Gasteiger partial charge in [0.15, 0.2) is 0 Å². The Morgan fingerprint density at radius 2 is 2.21 bits per heavy atom. The molecule has 0 aromatic heterocycles. The van der Waals surface area contributed by atoms with Crippen LogP contribution in [0.25, 0.3) is 0 Å². The van der Waals surface area contributed by atoms with Gasteiger partial charge in [-0.15, -0.1) is 0 Å². The number of hydrogen-bond donors (Lipinski definition) is 1. The fraction of sp³-hybridized carbons (Fsp3) is 0.462. The lowest BCUT2D eigenvalue weighted by atomic mass is 10.1. The van der Waals surface area contributed by atoms with Crippen molar-refractivity contribution in [3.63, 3.8) is 0 Å². The molecule has 0 aliphatic carbocycles. The van der Waals surface area contributed by atoms with E-state index in [-0.39, 0.29) is 17.5 Å². The highest BCUT2D eigenvalue weighted by Gasteiger charge is 2.16. The maximum atomic E-state index is 11.9. The number of nitro benzene ring substituents is 1. The number of anilines is 1. The predicted octanol–water partition coefficient (Wildman–Crippen LogP) is 2.98. The number of ether oxygens (including phenoxy) is 1. The number of nitrogens with zero attached hydrogens (tertiary/aromatic N) is 1. The molecule has 0 heterocycles. The Morgan fingerprint density at radius 3 is 2.74 bits per heavy atom. The van der Waals surface area contributed by atoms with Crippen molar-refractivity contribution in [3.8, 4) is 5.75 Å². The number of nitrogens with one attached hydrogen (secondary N) is 1. The first-order valence-electron chi connectivity index (χ1n) is 6.12. The molecule has 0 bridgehead atoms. The van der Waals surface area contributed by atoms with Gasteiger partial charge in [0.25, 0.3) is 5.69 Å². The molecule has 1 N–H and O–H groups in total. The van der Waals surface area contributed by atoms with Gasteiger partial charge in [-0.1, -0.05) is 20.3 Å². The first kappa shape index (κ1) is 14.9. The van der Waals surface area contributed by atoms with Crippen LogP contribution in [0.3, 0.4) is 0 Å². The molecule has 0 saturated heterocycles. The van der Waals surface area contributed by atoms with Crippen LogP contribution in [0.4, 0.5) is 11.4 Å². The normalized spacial score (nSPS) is 11.7. The third kappa shape index (κ3) is 3.94. The van der Waals surface area contributed by atoms with Gasteiger partial charge < -0.3 is 10.1 Å². The zero-order chi connectivity index (χ0) is 14.4. The molecule has 1 rings (SSSR count). The second-order valence-corrected chi connectivity index (χ2v) is 4.32. The molecule has 1 atom stereocenters. The standard InChI is InChI=1S/C13H18N2O4/c1-4-5-9(2)13(16)14-11-8-10(15(17)18)6-7-12(11)19-3/h6-9H,4-5H2,1-3H3,(H,14,16). The molecular weight excluding hydrogens is 248 g/mol. The second kappa shape index (κ2) is 6.72. The lowest BCUT2D eigenvalue weighted by Gasteiger charge is -2.13. The van der Waals surface area contributed by atoms with Crippen molar-refractivity contribution in [1.29, 1.82) is 0 Å². The molecule has 0 saturated carbocycles. The molecule has 104 valence electrons. The van der Waals surface area contributed by atoms with Crippen molar-refractivity contribution >= 4 is 17.3 Å². The van der Waals surface area contributed by atoms with Crippen LogP contribution in [-0.2, 0) is 4.79 Å². The van der Waals surface area contributed by atoms with Crippen LogP contribution in [-0.4, -0.2) is 17.9 Å². The predicted molar refractivity (Wildman–Crippen MR) is 72.4 cm³/mol. The molecule has 1 unspecified atom stereocenters. The summed E-state index contributed by atoms with van der Waals surface area (Å²) in [5.74, 6) is 0.0947. The Kier molecular flexibility index (Phi) is 5.29. The fourth-order valence-electron chi connectivity index (χ4n) is 1.73. The number of rotatable bonds is 6. The molecule has 1 aromatic rings. The van der Waals surface area contributed by atoms with E-state index in [2.05, 4.69) is 5.32 Å². The lowest BCUT2D eigenvalue weighted by Crippen LogP contribution is -2.20. The molecule has 0 spiro atoms.